The minimum atomic E-state index is 0.789. The van der Waals surface area contributed by atoms with E-state index >= 15 is 0 Å². The van der Waals surface area contributed by atoms with Gasteiger partial charge >= 0.3 is 0 Å². The second kappa shape index (κ2) is 5.84. The van der Waals surface area contributed by atoms with Crippen LogP contribution in [0.1, 0.15) is 32.1 Å². The monoisotopic (exact) mass is 175 g/mol. The van der Waals surface area contributed by atoms with Crippen molar-refractivity contribution in [3.63, 3.8) is 0 Å². The normalized spacial score (nSPS) is 19.4. The van der Waals surface area contributed by atoms with E-state index in [1.165, 1.54) is 32.2 Å². The third-order valence-corrected chi connectivity index (χ3v) is 2.66. The van der Waals surface area contributed by atoms with Crippen molar-refractivity contribution in [2.45, 2.75) is 32.1 Å². The summed E-state index contributed by atoms with van der Waals surface area (Å²) >= 11 is 5.56. The quantitative estimate of drug-likeness (QED) is 0.500. The van der Waals surface area contributed by atoms with Crippen LogP contribution in [0.3, 0.4) is 0 Å². The van der Waals surface area contributed by atoms with Crippen LogP contribution in [0.5, 0.6) is 0 Å². The zero-order valence-electron chi connectivity index (χ0n) is 7.11. The molecule has 1 N–H and O–H groups in total. The molecule has 1 aliphatic carbocycles. The second-order valence-corrected chi connectivity index (χ2v) is 3.78. The van der Waals surface area contributed by atoms with Gasteiger partial charge in [0.05, 0.1) is 0 Å². The molecule has 1 aliphatic rings. The average Bonchev–Trinajstić information content (AvgIpc) is 2.50. The fourth-order valence-electron chi connectivity index (χ4n) is 1.71. The summed E-state index contributed by atoms with van der Waals surface area (Å²) in [5, 5.41) is 3.44. The van der Waals surface area contributed by atoms with Crippen molar-refractivity contribution < 1.29 is 0 Å². The number of hydrogen-bond acceptors (Lipinski definition) is 1. The SMILES string of the molecule is ClCCCNCC1CCCC1. The van der Waals surface area contributed by atoms with Gasteiger partial charge in [0.15, 0.2) is 0 Å². The highest BCUT2D eigenvalue weighted by molar-refractivity contribution is 6.17. The number of rotatable bonds is 5. The Morgan fingerprint density at radius 1 is 1.27 bits per heavy atom. The fourth-order valence-corrected chi connectivity index (χ4v) is 1.85. The first-order chi connectivity index (χ1) is 5.43. The van der Waals surface area contributed by atoms with Crippen molar-refractivity contribution in [1.29, 1.82) is 0 Å². The first kappa shape index (κ1) is 9.34. The molecule has 0 saturated heterocycles. The molecular weight excluding hydrogens is 158 g/mol. The molecule has 0 atom stereocenters. The van der Waals surface area contributed by atoms with Gasteiger partial charge in [0, 0.05) is 5.88 Å². The molecule has 0 aromatic carbocycles. The first-order valence-corrected chi connectivity index (χ1v) is 5.23. The fraction of sp³-hybridized carbons (Fsp3) is 1.00. The van der Waals surface area contributed by atoms with Gasteiger partial charge in [-0.15, -0.1) is 11.6 Å². The van der Waals surface area contributed by atoms with Crippen molar-refractivity contribution in [3.8, 4) is 0 Å². The third-order valence-electron chi connectivity index (χ3n) is 2.39. The number of alkyl halides is 1. The molecule has 1 saturated carbocycles. The Bertz CT molecular complexity index is 89.6. The first-order valence-electron chi connectivity index (χ1n) is 4.70. The molecule has 66 valence electrons. The summed E-state index contributed by atoms with van der Waals surface area (Å²) in [5.74, 6) is 1.75. The van der Waals surface area contributed by atoms with E-state index in [9.17, 15) is 0 Å². The molecule has 0 spiro atoms. The average molecular weight is 176 g/mol. The lowest BCUT2D eigenvalue weighted by Gasteiger charge is -2.08. The van der Waals surface area contributed by atoms with Crippen LogP contribution >= 0.6 is 11.6 Å². The van der Waals surface area contributed by atoms with Crippen LogP contribution < -0.4 is 5.32 Å². The van der Waals surface area contributed by atoms with E-state index in [0.29, 0.717) is 0 Å². The summed E-state index contributed by atoms with van der Waals surface area (Å²) in [5.41, 5.74) is 0. The highest BCUT2D eigenvalue weighted by Gasteiger charge is 2.13. The van der Waals surface area contributed by atoms with Crippen molar-refractivity contribution in [2.24, 2.45) is 5.92 Å². The Morgan fingerprint density at radius 2 is 2.00 bits per heavy atom. The summed E-state index contributed by atoms with van der Waals surface area (Å²) in [7, 11) is 0. The van der Waals surface area contributed by atoms with Gasteiger partial charge in [-0.3, -0.25) is 0 Å². The Kier molecular flexibility index (Phi) is 4.96. The maximum absolute atomic E-state index is 5.56. The number of halogens is 1. The van der Waals surface area contributed by atoms with E-state index in [1.54, 1.807) is 0 Å². The summed E-state index contributed by atoms with van der Waals surface area (Å²) in [6.45, 7) is 2.32. The van der Waals surface area contributed by atoms with E-state index in [1.807, 2.05) is 0 Å². The van der Waals surface area contributed by atoms with Gasteiger partial charge in [-0.05, 0) is 38.3 Å². The number of nitrogens with one attached hydrogen (secondary N) is 1. The highest BCUT2D eigenvalue weighted by atomic mass is 35.5. The van der Waals surface area contributed by atoms with Crippen molar-refractivity contribution >= 4 is 11.6 Å². The molecule has 0 amide bonds. The molecule has 0 heterocycles. The van der Waals surface area contributed by atoms with E-state index in [2.05, 4.69) is 5.32 Å². The van der Waals surface area contributed by atoms with E-state index in [-0.39, 0.29) is 0 Å². The molecule has 0 aromatic rings. The molecular formula is C9H18ClN. The lowest BCUT2D eigenvalue weighted by molar-refractivity contribution is 0.490. The Morgan fingerprint density at radius 3 is 2.64 bits per heavy atom. The minimum Gasteiger partial charge on any atom is -0.316 e. The Labute approximate surface area is 74.5 Å². The van der Waals surface area contributed by atoms with Gasteiger partial charge in [-0.25, -0.2) is 0 Å². The molecule has 0 radical (unpaired) electrons. The van der Waals surface area contributed by atoms with Crippen LogP contribution in [0.15, 0.2) is 0 Å². The molecule has 0 unspecified atom stereocenters. The van der Waals surface area contributed by atoms with E-state index < -0.39 is 0 Å². The lowest BCUT2D eigenvalue weighted by Crippen LogP contribution is -2.22. The highest BCUT2D eigenvalue weighted by Crippen LogP contribution is 2.23. The lowest BCUT2D eigenvalue weighted by atomic mass is 10.1. The van der Waals surface area contributed by atoms with Crippen molar-refractivity contribution in [1.82, 2.24) is 5.32 Å². The summed E-state index contributed by atoms with van der Waals surface area (Å²) < 4.78 is 0. The molecule has 11 heavy (non-hydrogen) atoms. The van der Waals surface area contributed by atoms with Gasteiger partial charge in [0.25, 0.3) is 0 Å². The predicted octanol–water partition coefficient (Wildman–Crippen LogP) is 2.40. The predicted molar refractivity (Wildman–Crippen MR) is 50.2 cm³/mol. The van der Waals surface area contributed by atoms with Crippen LogP contribution in [0, 0.1) is 5.92 Å². The molecule has 0 aromatic heterocycles. The van der Waals surface area contributed by atoms with Gasteiger partial charge in [-0.2, -0.15) is 0 Å². The Hall–Kier alpha value is 0.250. The zero-order chi connectivity index (χ0) is 7.94. The van der Waals surface area contributed by atoms with Crippen LogP contribution in [0.4, 0.5) is 0 Å². The zero-order valence-corrected chi connectivity index (χ0v) is 7.87. The molecule has 2 heteroatoms. The molecule has 0 bridgehead atoms. The van der Waals surface area contributed by atoms with Gasteiger partial charge < -0.3 is 5.32 Å². The minimum absolute atomic E-state index is 0.789. The Balaban J connectivity index is 1.86. The molecule has 0 aliphatic heterocycles. The summed E-state index contributed by atoms with van der Waals surface area (Å²) in [6.07, 6.45) is 6.87. The maximum atomic E-state index is 5.56. The summed E-state index contributed by atoms with van der Waals surface area (Å²) in [6, 6.07) is 0. The van der Waals surface area contributed by atoms with Gasteiger partial charge in [-0.1, -0.05) is 12.8 Å². The van der Waals surface area contributed by atoms with Crippen LogP contribution in [0.2, 0.25) is 0 Å². The van der Waals surface area contributed by atoms with Crippen LogP contribution in [-0.4, -0.2) is 19.0 Å². The largest absolute Gasteiger partial charge is 0.316 e. The molecule has 1 nitrogen and oxygen atoms in total. The standard InChI is InChI=1S/C9H18ClN/c10-6-3-7-11-8-9-4-1-2-5-9/h9,11H,1-8H2. The van der Waals surface area contributed by atoms with Crippen molar-refractivity contribution in [3.05, 3.63) is 0 Å². The van der Waals surface area contributed by atoms with E-state index in [0.717, 1.165) is 24.8 Å². The van der Waals surface area contributed by atoms with Gasteiger partial charge in [0.1, 0.15) is 0 Å². The number of hydrogen-bond donors (Lipinski definition) is 1. The molecule has 1 fully saturated rings. The summed E-state index contributed by atoms with van der Waals surface area (Å²) in [4.78, 5) is 0. The van der Waals surface area contributed by atoms with Crippen LogP contribution in [0.25, 0.3) is 0 Å². The van der Waals surface area contributed by atoms with Crippen molar-refractivity contribution in [2.75, 3.05) is 19.0 Å². The van der Waals surface area contributed by atoms with Crippen LogP contribution in [-0.2, 0) is 0 Å². The van der Waals surface area contributed by atoms with E-state index in [4.69, 9.17) is 11.6 Å². The smallest absolute Gasteiger partial charge is 0.0235 e. The topological polar surface area (TPSA) is 12.0 Å². The second-order valence-electron chi connectivity index (χ2n) is 3.40. The maximum Gasteiger partial charge on any atom is 0.0235 e. The van der Waals surface area contributed by atoms with Gasteiger partial charge in [0.2, 0.25) is 0 Å². The third kappa shape index (κ3) is 3.97. The molecule has 1 rings (SSSR count).